The fraction of sp³-hybridized carbons (Fsp3) is 0.733. The molecule has 0 unspecified atom stereocenters. The normalized spacial score (nSPS) is 8.63. The third-order valence-corrected chi connectivity index (χ3v) is 2.04. The number of hydrogen-bond donors (Lipinski definition) is 2. The van der Waals surface area contributed by atoms with Crippen molar-refractivity contribution in [3.8, 4) is 0 Å². The molecule has 0 aliphatic carbocycles. The minimum atomic E-state index is -0.147. The summed E-state index contributed by atoms with van der Waals surface area (Å²) in [5, 5.41) is 5.21. The summed E-state index contributed by atoms with van der Waals surface area (Å²) >= 11 is 0. The third-order valence-electron chi connectivity index (χ3n) is 2.04. The van der Waals surface area contributed by atoms with Gasteiger partial charge in [-0.05, 0) is 20.4 Å². The first-order valence-electron chi connectivity index (χ1n) is 6.93. The molecule has 0 aliphatic heterocycles. The highest BCUT2D eigenvalue weighted by atomic mass is 16.2. The van der Waals surface area contributed by atoms with E-state index in [4.69, 9.17) is 0 Å². The first-order chi connectivity index (χ1) is 8.84. The van der Waals surface area contributed by atoms with Gasteiger partial charge in [-0.15, -0.1) is 6.58 Å². The molecule has 1 amide bonds. The Morgan fingerprint density at radius 2 is 1.58 bits per heavy atom. The molecule has 0 bridgehead atoms. The van der Waals surface area contributed by atoms with Crippen LogP contribution in [0.1, 0.15) is 48.0 Å². The molecule has 2 N–H and O–H groups in total. The zero-order chi connectivity index (χ0) is 15.8. The van der Waals surface area contributed by atoms with E-state index in [0.29, 0.717) is 0 Å². The number of carbonyl (C=O) groups is 2. The van der Waals surface area contributed by atoms with Crippen LogP contribution in [0.4, 0.5) is 0 Å². The van der Waals surface area contributed by atoms with E-state index in [2.05, 4.69) is 24.1 Å². The van der Waals surface area contributed by atoms with Crippen LogP contribution in [-0.4, -0.2) is 31.8 Å². The quantitative estimate of drug-likeness (QED) is 0.731. The average Bonchev–Trinajstić information content (AvgIpc) is 2.39. The molecular weight excluding hydrogens is 240 g/mol. The highest BCUT2D eigenvalue weighted by Crippen LogP contribution is 1.91. The Kier molecular flexibility index (Phi) is 20.4. The van der Waals surface area contributed by atoms with Crippen LogP contribution in [0, 0.1) is 5.92 Å². The second-order valence-electron chi connectivity index (χ2n) is 4.24. The van der Waals surface area contributed by atoms with Gasteiger partial charge in [-0.2, -0.15) is 0 Å². The Labute approximate surface area is 119 Å². The van der Waals surface area contributed by atoms with Crippen molar-refractivity contribution in [1.82, 2.24) is 10.6 Å². The maximum atomic E-state index is 11.0. The predicted octanol–water partition coefficient (Wildman–Crippen LogP) is 2.55. The summed E-state index contributed by atoms with van der Waals surface area (Å²) in [6.45, 7) is 15.8. The van der Waals surface area contributed by atoms with Gasteiger partial charge in [-0.1, -0.05) is 40.2 Å². The highest BCUT2D eigenvalue weighted by molar-refractivity contribution is 5.87. The van der Waals surface area contributed by atoms with Gasteiger partial charge < -0.3 is 10.6 Å². The van der Waals surface area contributed by atoms with Gasteiger partial charge in [-0.25, -0.2) is 0 Å². The minimum absolute atomic E-state index is 0.0140. The van der Waals surface area contributed by atoms with Crippen molar-refractivity contribution in [2.24, 2.45) is 5.92 Å². The lowest BCUT2D eigenvalue weighted by Gasteiger charge is -2.05. The molecule has 0 aromatic heterocycles. The number of allylic oxidation sites excluding steroid dienone is 1. The molecule has 0 aliphatic rings. The monoisotopic (exact) mass is 272 g/mol. The van der Waals surface area contributed by atoms with Crippen LogP contribution in [0.3, 0.4) is 0 Å². The second-order valence-corrected chi connectivity index (χ2v) is 4.24. The zero-order valence-electron chi connectivity index (χ0n) is 13.7. The number of rotatable bonds is 6. The van der Waals surface area contributed by atoms with Gasteiger partial charge in [0.2, 0.25) is 5.91 Å². The van der Waals surface area contributed by atoms with Gasteiger partial charge in [0.1, 0.15) is 0 Å². The summed E-state index contributed by atoms with van der Waals surface area (Å²) in [6, 6.07) is 0. The summed E-state index contributed by atoms with van der Waals surface area (Å²) in [6.07, 6.45) is 1.11. The van der Waals surface area contributed by atoms with Gasteiger partial charge in [0.25, 0.3) is 0 Å². The average molecular weight is 272 g/mol. The highest BCUT2D eigenvalue weighted by Gasteiger charge is 2.07. The van der Waals surface area contributed by atoms with E-state index in [1.165, 1.54) is 5.57 Å². The first kappa shape index (κ1) is 23.0. The Morgan fingerprint density at radius 1 is 1.16 bits per heavy atom. The summed E-state index contributed by atoms with van der Waals surface area (Å²) in [5.41, 5.74) is 1.25. The molecule has 4 heteroatoms. The Morgan fingerprint density at radius 3 is 1.84 bits per heavy atom. The standard InChI is InChI=1S/C8H16N2O2.C5H10.C2H6/c1-6(2)7(11)4-10-8(12)5-9-3;1-4-5(2)3;1-2/h6,9H,4-5H2,1-3H3,(H,10,12);2,4H2,1,3H3;1-2H3. The molecule has 19 heavy (non-hydrogen) atoms. The van der Waals surface area contributed by atoms with Crippen molar-refractivity contribution in [1.29, 1.82) is 0 Å². The molecule has 0 heterocycles. The molecule has 0 saturated heterocycles. The predicted molar refractivity (Wildman–Crippen MR) is 83.2 cm³/mol. The zero-order valence-corrected chi connectivity index (χ0v) is 13.7. The van der Waals surface area contributed by atoms with Crippen LogP contribution in [0.2, 0.25) is 0 Å². The van der Waals surface area contributed by atoms with E-state index < -0.39 is 0 Å². The lowest BCUT2D eigenvalue weighted by molar-refractivity contribution is -0.125. The molecule has 0 aromatic carbocycles. The molecule has 0 aromatic rings. The van der Waals surface area contributed by atoms with Crippen molar-refractivity contribution in [3.05, 3.63) is 12.2 Å². The topological polar surface area (TPSA) is 58.2 Å². The summed E-state index contributed by atoms with van der Waals surface area (Å²) in [4.78, 5) is 21.9. The third kappa shape index (κ3) is 22.5. The maximum absolute atomic E-state index is 11.0. The summed E-state index contributed by atoms with van der Waals surface area (Å²) in [7, 11) is 1.68. The molecule has 0 fully saturated rings. The van der Waals surface area contributed by atoms with Gasteiger partial charge in [0.05, 0.1) is 13.1 Å². The Hall–Kier alpha value is -1.16. The molecule has 0 rings (SSSR count). The van der Waals surface area contributed by atoms with Crippen LogP contribution < -0.4 is 10.6 Å². The van der Waals surface area contributed by atoms with E-state index in [9.17, 15) is 9.59 Å². The van der Waals surface area contributed by atoms with Crippen LogP contribution in [-0.2, 0) is 9.59 Å². The summed E-state index contributed by atoms with van der Waals surface area (Å²) < 4.78 is 0. The molecule has 0 spiro atoms. The number of Topliss-reactive ketones (excluding diaryl/α,β-unsaturated/α-hetero) is 1. The van der Waals surface area contributed by atoms with Gasteiger partial charge in [-0.3, -0.25) is 9.59 Å². The fourth-order valence-electron chi connectivity index (χ4n) is 0.613. The van der Waals surface area contributed by atoms with Crippen LogP contribution >= 0.6 is 0 Å². The molecule has 0 radical (unpaired) electrons. The van der Waals surface area contributed by atoms with E-state index >= 15 is 0 Å². The molecule has 0 saturated carbocycles. The van der Waals surface area contributed by atoms with Crippen molar-refractivity contribution in [2.75, 3.05) is 20.1 Å². The lowest BCUT2D eigenvalue weighted by Crippen LogP contribution is -2.36. The second kappa shape index (κ2) is 16.8. The van der Waals surface area contributed by atoms with E-state index in [0.717, 1.165) is 6.42 Å². The largest absolute Gasteiger partial charge is 0.348 e. The number of amides is 1. The Balaban J connectivity index is -0.000000307. The van der Waals surface area contributed by atoms with Gasteiger partial charge in [0.15, 0.2) is 5.78 Å². The molecule has 4 nitrogen and oxygen atoms in total. The van der Waals surface area contributed by atoms with Crippen molar-refractivity contribution in [2.45, 2.75) is 48.0 Å². The van der Waals surface area contributed by atoms with Crippen LogP contribution in [0.15, 0.2) is 12.2 Å². The number of likely N-dealkylation sites (N-methyl/N-ethyl adjacent to an activating group) is 1. The molecular formula is C15H32N2O2. The van der Waals surface area contributed by atoms with E-state index in [-0.39, 0.29) is 30.7 Å². The molecule has 0 atom stereocenters. The van der Waals surface area contributed by atoms with Gasteiger partial charge in [0, 0.05) is 5.92 Å². The van der Waals surface area contributed by atoms with E-state index in [1.807, 2.05) is 34.6 Å². The smallest absolute Gasteiger partial charge is 0.234 e. The van der Waals surface area contributed by atoms with Gasteiger partial charge >= 0.3 is 0 Å². The van der Waals surface area contributed by atoms with Crippen molar-refractivity contribution >= 4 is 11.7 Å². The van der Waals surface area contributed by atoms with Crippen molar-refractivity contribution < 1.29 is 9.59 Å². The SMILES string of the molecule is C=C(C)CC.CC.CNCC(=O)NCC(=O)C(C)C. The number of carbonyl (C=O) groups excluding carboxylic acids is 2. The number of nitrogens with one attached hydrogen (secondary N) is 2. The fourth-order valence-corrected chi connectivity index (χ4v) is 0.613. The summed E-state index contributed by atoms with van der Waals surface area (Å²) in [5.74, 6) is -0.106. The first-order valence-corrected chi connectivity index (χ1v) is 6.93. The van der Waals surface area contributed by atoms with Crippen LogP contribution in [0.5, 0.6) is 0 Å². The van der Waals surface area contributed by atoms with Crippen molar-refractivity contribution in [3.63, 3.8) is 0 Å². The minimum Gasteiger partial charge on any atom is -0.348 e. The molecule has 114 valence electrons. The maximum Gasteiger partial charge on any atom is 0.234 e. The Bertz CT molecular complexity index is 249. The lowest BCUT2D eigenvalue weighted by atomic mass is 10.1. The van der Waals surface area contributed by atoms with E-state index in [1.54, 1.807) is 7.05 Å². The number of hydrogen-bond acceptors (Lipinski definition) is 3. The number of ketones is 1. The van der Waals surface area contributed by atoms with Crippen LogP contribution in [0.25, 0.3) is 0 Å².